The van der Waals surface area contributed by atoms with E-state index in [0.717, 1.165) is 0 Å². The average Bonchev–Trinajstić information content (AvgIpc) is 2.06. The summed E-state index contributed by atoms with van der Waals surface area (Å²) in [6.45, 7) is 0.00882. The van der Waals surface area contributed by atoms with Crippen molar-refractivity contribution in [1.82, 2.24) is 5.43 Å². The normalized spacial score (nSPS) is 9.42. The number of esters is 1. The molecule has 1 rings (SSSR count). The Morgan fingerprint density at radius 2 is 2.08 bits per heavy atom. The molecule has 0 aromatic heterocycles. The van der Waals surface area contributed by atoms with E-state index in [1.165, 1.54) is 0 Å². The molecule has 0 spiro atoms. The van der Waals surface area contributed by atoms with Gasteiger partial charge in [-0.3, -0.25) is 10.6 Å². The number of nitrogens with one attached hydrogen (secondary N) is 1. The molecule has 0 aliphatic carbocycles. The molecule has 0 unspecified atom stereocenters. The van der Waals surface area contributed by atoms with E-state index in [4.69, 9.17) is 10.6 Å². The molecule has 0 aliphatic rings. The standard InChI is InChI=1S/C8H10N2O2/c9-10-6-8(11)12-7-4-2-1-3-5-7/h1-5,10H,6,9H2. The summed E-state index contributed by atoms with van der Waals surface area (Å²) in [6.07, 6.45) is 0. The number of carbonyl (C=O) groups excluding carboxylic acids is 1. The van der Waals surface area contributed by atoms with E-state index in [2.05, 4.69) is 5.43 Å². The molecule has 0 saturated carbocycles. The Bertz CT molecular complexity index is 248. The van der Waals surface area contributed by atoms with Crippen molar-refractivity contribution in [3.05, 3.63) is 30.3 Å². The van der Waals surface area contributed by atoms with Crippen molar-refractivity contribution < 1.29 is 9.53 Å². The Morgan fingerprint density at radius 1 is 1.42 bits per heavy atom. The van der Waals surface area contributed by atoms with Gasteiger partial charge in [0.25, 0.3) is 0 Å². The summed E-state index contributed by atoms with van der Waals surface area (Å²) < 4.78 is 4.87. The van der Waals surface area contributed by atoms with Gasteiger partial charge in [-0.05, 0) is 12.1 Å². The molecule has 3 N–H and O–H groups in total. The summed E-state index contributed by atoms with van der Waals surface area (Å²) in [4.78, 5) is 10.8. The minimum absolute atomic E-state index is 0.00882. The van der Waals surface area contributed by atoms with Crippen molar-refractivity contribution in [2.75, 3.05) is 6.54 Å². The van der Waals surface area contributed by atoms with Crippen molar-refractivity contribution in [3.63, 3.8) is 0 Å². The lowest BCUT2D eigenvalue weighted by molar-refractivity contribution is -0.133. The smallest absolute Gasteiger partial charge is 0.326 e. The molecule has 0 saturated heterocycles. The van der Waals surface area contributed by atoms with E-state index in [9.17, 15) is 4.79 Å². The number of nitrogens with two attached hydrogens (primary N) is 1. The van der Waals surface area contributed by atoms with Crippen LogP contribution in [-0.2, 0) is 4.79 Å². The van der Waals surface area contributed by atoms with Crippen LogP contribution in [0.15, 0.2) is 30.3 Å². The van der Waals surface area contributed by atoms with Crippen LogP contribution in [0.2, 0.25) is 0 Å². The van der Waals surface area contributed by atoms with Gasteiger partial charge >= 0.3 is 5.97 Å². The van der Waals surface area contributed by atoms with E-state index in [1.807, 2.05) is 6.07 Å². The molecule has 0 amide bonds. The lowest BCUT2D eigenvalue weighted by atomic mass is 10.3. The van der Waals surface area contributed by atoms with Crippen molar-refractivity contribution in [2.45, 2.75) is 0 Å². The fraction of sp³-hybridized carbons (Fsp3) is 0.125. The third-order valence-corrected chi connectivity index (χ3v) is 1.22. The van der Waals surface area contributed by atoms with Crippen LogP contribution >= 0.6 is 0 Å². The number of hydrazine groups is 1. The second-order valence-corrected chi connectivity index (χ2v) is 2.17. The number of hydrogen-bond donors (Lipinski definition) is 2. The molecule has 12 heavy (non-hydrogen) atoms. The highest BCUT2D eigenvalue weighted by Gasteiger charge is 2.00. The quantitative estimate of drug-likeness (QED) is 0.288. The highest BCUT2D eigenvalue weighted by atomic mass is 16.5. The molecule has 0 aliphatic heterocycles. The fourth-order valence-corrected chi connectivity index (χ4v) is 0.739. The van der Waals surface area contributed by atoms with Crippen LogP contribution in [0, 0.1) is 0 Å². The van der Waals surface area contributed by atoms with Crippen LogP contribution in [0.25, 0.3) is 0 Å². The molecular formula is C8H10N2O2. The third-order valence-electron chi connectivity index (χ3n) is 1.22. The molecule has 4 nitrogen and oxygen atoms in total. The molecule has 0 bridgehead atoms. The Labute approximate surface area is 70.3 Å². The summed E-state index contributed by atoms with van der Waals surface area (Å²) >= 11 is 0. The second-order valence-electron chi connectivity index (χ2n) is 2.17. The van der Waals surface area contributed by atoms with Crippen LogP contribution < -0.4 is 16.0 Å². The van der Waals surface area contributed by atoms with Gasteiger partial charge in [0.15, 0.2) is 0 Å². The minimum Gasteiger partial charge on any atom is -0.426 e. The van der Waals surface area contributed by atoms with Crippen LogP contribution in [-0.4, -0.2) is 12.5 Å². The summed E-state index contributed by atoms with van der Waals surface area (Å²) in [7, 11) is 0. The maximum atomic E-state index is 10.8. The van der Waals surface area contributed by atoms with Crippen molar-refractivity contribution in [3.8, 4) is 5.75 Å². The highest BCUT2D eigenvalue weighted by Crippen LogP contribution is 2.07. The Kier molecular flexibility index (Phi) is 3.25. The van der Waals surface area contributed by atoms with Crippen LogP contribution in [0.5, 0.6) is 5.75 Å². The van der Waals surface area contributed by atoms with Crippen molar-refractivity contribution in [2.24, 2.45) is 5.84 Å². The third kappa shape index (κ3) is 2.69. The van der Waals surface area contributed by atoms with Crippen LogP contribution in [0.4, 0.5) is 0 Å². The van der Waals surface area contributed by atoms with Gasteiger partial charge in [0.05, 0.1) is 0 Å². The second kappa shape index (κ2) is 4.48. The Balaban J connectivity index is 2.47. The zero-order valence-corrected chi connectivity index (χ0v) is 6.49. The lowest BCUT2D eigenvalue weighted by Gasteiger charge is -2.01. The summed E-state index contributed by atoms with van der Waals surface area (Å²) in [5.41, 5.74) is 2.21. The van der Waals surface area contributed by atoms with E-state index < -0.39 is 5.97 Å². The first-order chi connectivity index (χ1) is 5.83. The molecule has 0 heterocycles. The van der Waals surface area contributed by atoms with Gasteiger partial charge in [-0.15, -0.1) is 0 Å². The first-order valence-corrected chi connectivity index (χ1v) is 3.52. The first-order valence-electron chi connectivity index (χ1n) is 3.52. The first kappa shape index (κ1) is 8.70. The molecule has 0 fully saturated rings. The topological polar surface area (TPSA) is 64.3 Å². The predicted octanol–water partition coefficient (Wildman–Crippen LogP) is 0.0553. The van der Waals surface area contributed by atoms with E-state index >= 15 is 0 Å². The SMILES string of the molecule is NNCC(=O)Oc1ccccc1. The van der Waals surface area contributed by atoms with Crippen LogP contribution in [0.1, 0.15) is 0 Å². The Morgan fingerprint density at radius 3 is 2.67 bits per heavy atom. The number of ether oxygens (including phenoxy) is 1. The fourth-order valence-electron chi connectivity index (χ4n) is 0.739. The number of hydrogen-bond acceptors (Lipinski definition) is 4. The van der Waals surface area contributed by atoms with Gasteiger partial charge in [-0.2, -0.15) is 0 Å². The number of benzene rings is 1. The molecule has 1 aromatic carbocycles. The molecule has 0 atom stereocenters. The summed E-state index contributed by atoms with van der Waals surface area (Å²) in [5, 5.41) is 0. The molecule has 0 radical (unpaired) electrons. The Hall–Kier alpha value is -1.39. The van der Waals surface area contributed by atoms with E-state index in [0.29, 0.717) is 5.75 Å². The lowest BCUT2D eigenvalue weighted by Crippen LogP contribution is -2.31. The van der Waals surface area contributed by atoms with Gasteiger partial charge in [0.2, 0.25) is 0 Å². The molecule has 1 aromatic rings. The van der Waals surface area contributed by atoms with Gasteiger partial charge in [-0.1, -0.05) is 18.2 Å². The van der Waals surface area contributed by atoms with E-state index in [-0.39, 0.29) is 6.54 Å². The highest BCUT2D eigenvalue weighted by molar-refractivity contribution is 5.74. The molecular weight excluding hydrogens is 156 g/mol. The largest absolute Gasteiger partial charge is 0.426 e. The maximum absolute atomic E-state index is 10.8. The predicted molar refractivity (Wildman–Crippen MR) is 44.3 cm³/mol. The monoisotopic (exact) mass is 166 g/mol. The van der Waals surface area contributed by atoms with Crippen LogP contribution in [0.3, 0.4) is 0 Å². The summed E-state index contributed by atoms with van der Waals surface area (Å²) in [6, 6.07) is 8.83. The zero-order chi connectivity index (χ0) is 8.81. The number of rotatable bonds is 3. The average molecular weight is 166 g/mol. The minimum atomic E-state index is -0.399. The molecule has 64 valence electrons. The zero-order valence-electron chi connectivity index (χ0n) is 6.49. The maximum Gasteiger partial charge on any atom is 0.326 e. The van der Waals surface area contributed by atoms with Gasteiger partial charge in [-0.25, -0.2) is 5.43 Å². The van der Waals surface area contributed by atoms with Gasteiger partial charge in [0, 0.05) is 0 Å². The number of carbonyl (C=O) groups is 1. The van der Waals surface area contributed by atoms with Gasteiger partial charge in [0.1, 0.15) is 12.3 Å². The van der Waals surface area contributed by atoms with Crippen molar-refractivity contribution in [1.29, 1.82) is 0 Å². The van der Waals surface area contributed by atoms with E-state index in [1.54, 1.807) is 24.3 Å². The van der Waals surface area contributed by atoms with Crippen molar-refractivity contribution >= 4 is 5.97 Å². The summed E-state index contributed by atoms with van der Waals surface area (Å²) in [5.74, 6) is 5.06. The van der Waals surface area contributed by atoms with Gasteiger partial charge < -0.3 is 4.74 Å². The molecule has 4 heteroatoms. The number of para-hydroxylation sites is 1.